The Bertz CT molecular complexity index is 1230. The lowest BCUT2D eigenvalue weighted by Gasteiger charge is -2.36. The number of hydrogen-bond acceptors (Lipinski definition) is 5. The van der Waals surface area contributed by atoms with Crippen LogP contribution in [0.25, 0.3) is 10.9 Å². The van der Waals surface area contributed by atoms with Gasteiger partial charge in [-0.1, -0.05) is 25.0 Å². The minimum Gasteiger partial charge on any atom is -0.495 e. The number of anilines is 1. The number of methoxy groups -OCH3 is 1. The van der Waals surface area contributed by atoms with Gasteiger partial charge < -0.3 is 14.5 Å². The number of carbonyl (C=O) groups is 1. The van der Waals surface area contributed by atoms with E-state index in [1.807, 2.05) is 27.7 Å². The molecule has 1 aromatic heterocycles. The van der Waals surface area contributed by atoms with Crippen LogP contribution >= 0.6 is 0 Å². The SMILES string of the molecule is COc1ccccc1N1CCN(C(=O)c2ccc3c(=O)n4c(nc3c2)CCCCCC4)CC1. The first-order chi connectivity index (χ1) is 16.2. The number of piperazine rings is 1. The van der Waals surface area contributed by atoms with E-state index in [4.69, 9.17) is 9.72 Å². The second-order valence-electron chi connectivity index (χ2n) is 8.83. The van der Waals surface area contributed by atoms with E-state index in [9.17, 15) is 9.59 Å². The Morgan fingerprint density at radius 3 is 2.55 bits per heavy atom. The van der Waals surface area contributed by atoms with Gasteiger partial charge in [0.05, 0.1) is 23.7 Å². The van der Waals surface area contributed by atoms with Crippen molar-refractivity contribution >= 4 is 22.5 Å². The van der Waals surface area contributed by atoms with Gasteiger partial charge in [0.2, 0.25) is 0 Å². The van der Waals surface area contributed by atoms with Crippen molar-refractivity contribution in [3.8, 4) is 5.75 Å². The van der Waals surface area contributed by atoms with Crippen molar-refractivity contribution in [2.75, 3.05) is 38.2 Å². The van der Waals surface area contributed by atoms with Crippen molar-refractivity contribution in [1.29, 1.82) is 0 Å². The molecular weight excluding hydrogens is 416 g/mol. The van der Waals surface area contributed by atoms with Crippen molar-refractivity contribution in [2.24, 2.45) is 0 Å². The van der Waals surface area contributed by atoms with Gasteiger partial charge in [0, 0.05) is 44.7 Å². The lowest BCUT2D eigenvalue weighted by molar-refractivity contribution is 0.0747. The quantitative estimate of drug-likeness (QED) is 0.616. The molecule has 33 heavy (non-hydrogen) atoms. The molecule has 1 saturated heterocycles. The summed E-state index contributed by atoms with van der Waals surface area (Å²) in [6.45, 7) is 3.48. The Kier molecular flexibility index (Phi) is 6.03. The maximum Gasteiger partial charge on any atom is 0.261 e. The van der Waals surface area contributed by atoms with Crippen molar-refractivity contribution in [1.82, 2.24) is 14.5 Å². The highest BCUT2D eigenvalue weighted by Crippen LogP contribution is 2.28. The second kappa shape index (κ2) is 9.25. The number of rotatable bonds is 3. The van der Waals surface area contributed by atoms with Crippen LogP contribution in [0.1, 0.15) is 41.9 Å². The molecular formula is C26H30N4O3. The number of benzene rings is 2. The van der Waals surface area contributed by atoms with Crippen LogP contribution in [0, 0.1) is 0 Å². The normalized spacial score (nSPS) is 16.8. The van der Waals surface area contributed by atoms with E-state index >= 15 is 0 Å². The molecule has 7 nitrogen and oxygen atoms in total. The Balaban J connectivity index is 1.36. The molecule has 0 bridgehead atoms. The first kappa shape index (κ1) is 21.5. The number of ether oxygens (including phenoxy) is 1. The molecule has 0 unspecified atom stereocenters. The second-order valence-corrected chi connectivity index (χ2v) is 8.83. The van der Waals surface area contributed by atoms with Crippen molar-refractivity contribution in [3.05, 3.63) is 64.2 Å². The molecule has 0 spiro atoms. The zero-order valence-corrected chi connectivity index (χ0v) is 19.1. The molecule has 1 amide bonds. The average molecular weight is 447 g/mol. The van der Waals surface area contributed by atoms with Gasteiger partial charge >= 0.3 is 0 Å². The fourth-order valence-electron chi connectivity index (χ4n) is 4.95. The van der Waals surface area contributed by atoms with Crippen LogP contribution in [0.5, 0.6) is 5.75 Å². The van der Waals surface area contributed by atoms with Crippen LogP contribution in [0.3, 0.4) is 0 Å². The molecule has 3 heterocycles. The van der Waals surface area contributed by atoms with Crippen LogP contribution in [0.4, 0.5) is 5.69 Å². The summed E-state index contributed by atoms with van der Waals surface area (Å²) in [5, 5.41) is 0.594. The molecule has 0 saturated carbocycles. The molecule has 7 heteroatoms. The first-order valence-corrected chi connectivity index (χ1v) is 11.9. The number of aryl methyl sites for hydroxylation is 1. The van der Waals surface area contributed by atoms with Crippen LogP contribution in [-0.4, -0.2) is 53.6 Å². The fraction of sp³-hybridized carbons (Fsp3) is 0.423. The summed E-state index contributed by atoms with van der Waals surface area (Å²) in [6.07, 6.45) is 5.20. The molecule has 0 atom stereocenters. The van der Waals surface area contributed by atoms with Crippen molar-refractivity contribution in [2.45, 2.75) is 38.6 Å². The standard InChI is InChI=1S/C26H30N4O3/c1-33-23-9-6-5-8-22(23)28-14-16-29(17-15-28)25(31)19-11-12-20-21(18-19)27-24-10-4-2-3-7-13-30(24)26(20)32/h5-6,8-9,11-12,18H,2-4,7,10,13-17H2,1H3. The third-order valence-electron chi connectivity index (χ3n) is 6.81. The minimum atomic E-state index is -0.00905. The number of para-hydroxylation sites is 2. The Hall–Kier alpha value is -3.35. The maximum atomic E-state index is 13.3. The fourth-order valence-corrected chi connectivity index (χ4v) is 4.95. The Morgan fingerprint density at radius 1 is 0.939 bits per heavy atom. The maximum absolute atomic E-state index is 13.3. The van der Waals surface area contributed by atoms with E-state index in [0.29, 0.717) is 29.6 Å². The smallest absolute Gasteiger partial charge is 0.261 e. The van der Waals surface area contributed by atoms with Crippen LogP contribution in [0.15, 0.2) is 47.3 Å². The van der Waals surface area contributed by atoms with Crippen LogP contribution < -0.4 is 15.2 Å². The van der Waals surface area contributed by atoms with Gasteiger partial charge in [-0.05, 0) is 43.2 Å². The Morgan fingerprint density at radius 2 is 1.73 bits per heavy atom. The zero-order chi connectivity index (χ0) is 22.8. The highest BCUT2D eigenvalue weighted by molar-refractivity contribution is 5.97. The number of aromatic nitrogens is 2. The largest absolute Gasteiger partial charge is 0.495 e. The highest BCUT2D eigenvalue weighted by atomic mass is 16.5. The molecule has 3 aromatic rings. The predicted octanol–water partition coefficient (Wildman–Crippen LogP) is 3.48. The third kappa shape index (κ3) is 4.19. The van der Waals surface area contributed by atoms with Crippen LogP contribution in [0.2, 0.25) is 0 Å². The van der Waals surface area contributed by atoms with Crippen molar-refractivity contribution in [3.63, 3.8) is 0 Å². The lowest BCUT2D eigenvalue weighted by Crippen LogP contribution is -2.48. The van der Waals surface area contributed by atoms with E-state index in [1.165, 1.54) is 6.42 Å². The highest BCUT2D eigenvalue weighted by Gasteiger charge is 2.24. The molecule has 0 radical (unpaired) electrons. The van der Waals surface area contributed by atoms with E-state index in [1.54, 1.807) is 25.3 Å². The molecule has 2 aliphatic rings. The number of amides is 1. The summed E-state index contributed by atoms with van der Waals surface area (Å²) in [6, 6.07) is 13.3. The van der Waals surface area contributed by atoms with Gasteiger partial charge in [0.25, 0.3) is 11.5 Å². The molecule has 1 fully saturated rings. The van der Waals surface area contributed by atoms with Gasteiger partial charge in [-0.25, -0.2) is 4.98 Å². The summed E-state index contributed by atoms with van der Waals surface area (Å²) in [4.78, 5) is 35.3. The average Bonchev–Trinajstić information content (AvgIpc) is 2.84. The van der Waals surface area contributed by atoms with Gasteiger partial charge in [-0.3, -0.25) is 14.2 Å². The van der Waals surface area contributed by atoms with E-state index < -0.39 is 0 Å². The molecule has 172 valence electrons. The molecule has 0 N–H and O–H groups in total. The molecule has 2 aliphatic heterocycles. The van der Waals surface area contributed by atoms with Gasteiger partial charge in [-0.15, -0.1) is 0 Å². The number of hydrogen-bond donors (Lipinski definition) is 0. The lowest BCUT2D eigenvalue weighted by atomic mass is 10.1. The molecule has 2 aromatic carbocycles. The van der Waals surface area contributed by atoms with Crippen molar-refractivity contribution < 1.29 is 9.53 Å². The minimum absolute atomic E-state index is 0.00905. The monoisotopic (exact) mass is 446 g/mol. The van der Waals surface area contributed by atoms with E-state index in [-0.39, 0.29) is 11.5 Å². The molecule has 0 aliphatic carbocycles. The Labute approximate surface area is 193 Å². The van der Waals surface area contributed by atoms with E-state index in [2.05, 4.69) is 11.0 Å². The predicted molar refractivity (Wildman–Crippen MR) is 129 cm³/mol. The summed E-state index contributed by atoms with van der Waals surface area (Å²) < 4.78 is 7.32. The molecule has 5 rings (SSSR count). The van der Waals surface area contributed by atoms with Gasteiger partial charge in [0.15, 0.2) is 0 Å². The summed E-state index contributed by atoms with van der Waals surface area (Å²) in [5.41, 5.74) is 2.29. The first-order valence-electron chi connectivity index (χ1n) is 11.9. The summed E-state index contributed by atoms with van der Waals surface area (Å²) in [5.74, 6) is 1.69. The third-order valence-corrected chi connectivity index (χ3v) is 6.81. The van der Waals surface area contributed by atoms with E-state index in [0.717, 1.165) is 62.6 Å². The van der Waals surface area contributed by atoms with Gasteiger partial charge in [-0.2, -0.15) is 0 Å². The topological polar surface area (TPSA) is 67.7 Å². The summed E-state index contributed by atoms with van der Waals surface area (Å²) in [7, 11) is 1.68. The van der Waals surface area contributed by atoms with Gasteiger partial charge in [0.1, 0.15) is 11.6 Å². The zero-order valence-electron chi connectivity index (χ0n) is 19.1. The summed E-state index contributed by atoms with van der Waals surface area (Å²) >= 11 is 0. The van der Waals surface area contributed by atoms with Crippen LogP contribution in [-0.2, 0) is 13.0 Å². The number of fused-ring (bicyclic) bond motifs is 2. The number of nitrogens with zero attached hydrogens (tertiary/aromatic N) is 4. The number of carbonyl (C=O) groups excluding carboxylic acids is 1.